The number of ether oxygens (including phenoxy) is 2. The van der Waals surface area contributed by atoms with Crippen LogP contribution in [0.15, 0.2) is 42.6 Å². The number of nitrogens with zero attached hydrogens (tertiary/aromatic N) is 5. The molecule has 2 aliphatic rings. The van der Waals surface area contributed by atoms with Crippen LogP contribution in [0.2, 0.25) is 15.1 Å². The molecule has 0 spiro atoms. The van der Waals surface area contributed by atoms with Gasteiger partial charge in [-0.3, -0.25) is 9.69 Å². The monoisotopic (exact) mass is 618 g/mol. The third-order valence-corrected chi connectivity index (χ3v) is 7.48. The highest BCUT2D eigenvalue weighted by atomic mass is 35.5. The molecule has 2 aliphatic heterocycles. The molecular formula is C28H29Cl3N6O4. The Kier molecular flexibility index (Phi) is 8.09. The van der Waals surface area contributed by atoms with Gasteiger partial charge in [0, 0.05) is 37.6 Å². The quantitative estimate of drug-likeness (QED) is 0.348. The average molecular weight is 620 g/mol. The van der Waals surface area contributed by atoms with Crippen LogP contribution in [0, 0.1) is 0 Å². The number of para-hydroxylation sites is 1. The molecule has 3 aromatic rings. The summed E-state index contributed by atoms with van der Waals surface area (Å²) in [7, 11) is 0. The maximum atomic E-state index is 13.1. The maximum absolute atomic E-state index is 13.1. The lowest BCUT2D eigenvalue weighted by atomic mass is 10.1. The Morgan fingerprint density at radius 2 is 1.83 bits per heavy atom. The molecule has 1 aromatic heterocycles. The second kappa shape index (κ2) is 11.4. The molecule has 5 rings (SSSR count). The van der Waals surface area contributed by atoms with Gasteiger partial charge in [0.1, 0.15) is 11.2 Å². The third kappa shape index (κ3) is 6.24. The van der Waals surface area contributed by atoms with E-state index in [4.69, 9.17) is 44.3 Å². The van der Waals surface area contributed by atoms with Crippen molar-refractivity contribution < 1.29 is 19.1 Å². The van der Waals surface area contributed by atoms with Gasteiger partial charge in [-0.2, -0.15) is 4.98 Å². The minimum absolute atomic E-state index is 0.0519. The van der Waals surface area contributed by atoms with E-state index in [2.05, 4.69) is 20.2 Å². The zero-order chi connectivity index (χ0) is 29.5. The molecule has 0 unspecified atom stereocenters. The van der Waals surface area contributed by atoms with Gasteiger partial charge in [-0.05, 0) is 58.0 Å². The summed E-state index contributed by atoms with van der Waals surface area (Å²) in [5, 5.41) is 4.30. The molecule has 1 fully saturated rings. The molecule has 216 valence electrons. The smallest absolute Gasteiger partial charge is 0.410 e. The molecule has 41 heavy (non-hydrogen) atoms. The zero-order valence-corrected chi connectivity index (χ0v) is 25.2. The SMILES string of the molecule is C[C@@H]1CN(c2ccc(Nc3ncc4c(n3)OCN(c3c(Cl)cccc3Cl)C4=O)cc2Cl)CCN1C(=O)OC(C)(C)C. The van der Waals surface area contributed by atoms with Crippen molar-refractivity contribution in [3.05, 3.63) is 63.2 Å². The number of fused-ring (bicyclic) bond motifs is 1. The summed E-state index contributed by atoms with van der Waals surface area (Å²) < 4.78 is 11.3. The fourth-order valence-corrected chi connectivity index (χ4v) is 5.57. The van der Waals surface area contributed by atoms with Gasteiger partial charge in [0.25, 0.3) is 5.91 Å². The van der Waals surface area contributed by atoms with Crippen molar-refractivity contribution in [1.82, 2.24) is 14.9 Å². The summed E-state index contributed by atoms with van der Waals surface area (Å²) in [4.78, 5) is 39.6. The molecule has 2 amide bonds. The standard InChI is InChI=1S/C28H29Cl3N6O4/c1-16-14-35(10-11-36(16)27(39)41-28(2,3)4)22-9-8-17(12-21(22)31)33-26-32-13-18-24(34-26)40-15-37(25(18)38)23-19(29)6-5-7-20(23)30/h5-9,12-13,16H,10-11,14-15H2,1-4H3,(H,32,33,34)/t16-/m1/s1. The zero-order valence-electron chi connectivity index (χ0n) is 23.0. The van der Waals surface area contributed by atoms with Gasteiger partial charge in [0.05, 0.1) is 26.4 Å². The first kappa shape index (κ1) is 29.0. The number of amides is 2. The Hall–Kier alpha value is -3.47. The van der Waals surface area contributed by atoms with E-state index in [9.17, 15) is 9.59 Å². The maximum Gasteiger partial charge on any atom is 0.410 e. The van der Waals surface area contributed by atoms with Gasteiger partial charge >= 0.3 is 6.09 Å². The van der Waals surface area contributed by atoms with Gasteiger partial charge in [0.2, 0.25) is 11.8 Å². The lowest BCUT2D eigenvalue weighted by Crippen LogP contribution is -2.55. The first-order valence-corrected chi connectivity index (χ1v) is 14.1. The average Bonchev–Trinajstić information content (AvgIpc) is 2.89. The largest absolute Gasteiger partial charge is 0.455 e. The van der Waals surface area contributed by atoms with E-state index in [0.717, 1.165) is 5.69 Å². The molecule has 0 aliphatic carbocycles. The summed E-state index contributed by atoms with van der Waals surface area (Å²) in [6.07, 6.45) is 1.08. The third-order valence-electron chi connectivity index (χ3n) is 6.57. The van der Waals surface area contributed by atoms with E-state index in [1.165, 1.54) is 11.1 Å². The van der Waals surface area contributed by atoms with Crippen LogP contribution in [0.1, 0.15) is 38.1 Å². The summed E-state index contributed by atoms with van der Waals surface area (Å²) >= 11 is 19.2. The lowest BCUT2D eigenvalue weighted by molar-refractivity contribution is 0.0159. The van der Waals surface area contributed by atoms with Crippen LogP contribution in [-0.2, 0) is 4.74 Å². The van der Waals surface area contributed by atoms with Gasteiger partial charge in [-0.1, -0.05) is 40.9 Å². The van der Waals surface area contributed by atoms with E-state index in [-0.39, 0.29) is 42.2 Å². The minimum Gasteiger partial charge on any atom is -0.455 e. The van der Waals surface area contributed by atoms with Gasteiger partial charge in [-0.25, -0.2) is 9.78 Å². The second-order valence-corrected chi connectivity index (χ2v) is 12.0. The summed E-state index contributed by atoms with van der Waals surface area (Å²) in [5.74, 6) is 0.0110. The Bertz CT molecular complexity index is 1480. The van der Waals surface area contributed by atoms with E-state index >= 15 is 0 Å². The molecule has 0 saturated carbocycles. The Labute approximate surface area is 253 Å². The number of benzene rings is 2. The van der Waals surface area contributed by atoms with Crippen molar-refractivity contribution in [3.8, 4) is 5.88 Å². The topological polar surface area (TPSA) is 100 Å². The second-order valence-electron chi connectivity index (χ2n) is 10.7. The van der Waals surface area contributed by atoms with Crippen molar-refractivity contribution in [2.24, 2.45) is 0 Å². The van der Waals surface area contributed by atoms with Gasteiger partial charge in [-0.15, -0.1) is 0 Å². The van der Waals surface area contributed by atoms with Crippen LogP contribution in [0.25, 0.3) is 0 Å². The minimum atomic E-state index is -0.547. The molecule has 3 heterocycles. The molecule has 10 nitrogen and oxygen atoms in total. The number of aromatic nitrogens is 2. The Morgan fingerprint density at radius 3 is 2.49 bits per heavy atom. The molecule has 13 heteroatoms. The number of nitrogens with one attached hydrogen (secondary N) is 1. The molecule has 0 bridgehead atoms. The number of piperazine rings is 1. The summed E-state index contributed by atoms with van der Waals surface area (Å²) in [6.45, 7) is 9.20. The number of halogens is 3. The highest BCUT2D eigenvalue weighted by molar-refractivity contribution is 6.40. The van der Waals surface area contributed by atoms with E-state index in [1.54, 1.807) is 29.2 Å². The van der Waals surface area contributed by atoms with Crippen LogP contribution in [0.3, 0.4) is 0 Å². The number of hydrogen-bond acceptors (Lipinski definition) is 8. The van der Waals surface area contributed by atoms with Crippen molar-refractivity contribution in [2.75, 3.05) is 41.5 Å². The normalized spacial score (nSPS) is 17.2. The Balaban J connectivity index is 1.26. The van der Waals surface area contributed by atoms with Crippen LogP contribution >= 0.6 is 34.8 Å². The molecular weight excluding hydrogens is 591 g/mol. The fourth-order valence-electron chi connectivity index (χ4n) is 4.66. The highest BCUT2D eigenvalue weighted by Gasteiger charge is 2.33. The number of carbonyl (C=O) groups is 2. The van der Waals surface area contributed by atoms with Crippen molar-refractivity contribution in [1.29, 1.82) is 0 Å². The lowest BCUT2D eigenvalue weighted by Gasteiger charge is -2.41. The van der Waals surface area contributed by atoms with E-state index < -0.39 is 5.60 Å². The molecule has 0 radical (unpaired) electrons. The molecule has 2 aromatic carbocycles. The number of anilines is 4. The molecule has 1 saturated heterocycles. The summed E-state index contributed by atoms with van der Waals surface area (Å²) in [5.41, 5.74) is 1.52. The summed E-state index contributed by atoms with van der Waals surface area (Å²) in [6, 6.07) is 10.5. The van der Waals surface area contributed by atoms with Gasteiger partial charge < -0.3 is 24.6 Å². The van der Waals surface area contributed by atoms with E-state index in [0.29, 0.717) is 46.1 Å². The first-order valence-electron chi connectivity index (χ1n) is 13.0. The van der Waals surface area contributed by atoms with Gasteiger partial charge in [0.15, 0.2) is 6.73 Å². The molecule has 1 N–H and O–H groups in total. The predicted molar refractivity (Wildman–Crippen MR) is 160 cm³/mol. The van der Waals surface area contributed by atoms with Crippen molar-refractivity contribution in [2.45, 2.75) is 39.3 Å². The number of hydrogen-bond donors (Lipinski definition) is 1. The van der Waals surface area contributed by atoms with Crippen LogP contribution in [0.4, 0.5) is 27.8 Å². The van der Waals surface area contributed by atoms with Crippen LogP contribution in [0.5, 0.6) is 5.88 Å². The van der Waals surface area contributed by atoms with Crippen molar-refractivity contribution in [3.63, 3.8) is 0 Å². The highest BCUT2D eigenvalue weighted by Crippen LogP contribution is 2.37. The molecule has 1 atom stereocenters. The van der Waals surface area contributed by atoms with Crippen LogP contribution < -0.4 is 19.9 Å². The van der Waals surface area contributed by atoms with E-state index in [1.807, 2.05) is 39.8 Å². The first-order chi connectivity index (χ1) is 19.4. The predicted octanol–water partition coefficient (Wildman–Crippen LogP) is 6.62. The Morgan fingerprint density at radius 1 is 1.10 bits per heavy atom. The fraction of sp³-hybridized carbons (Fsp3) is 0.357. The van der Waals surface area contributed by atoms with Crippen molar-refractivity contribution >= 4 is 69.8 Å². The van der Waals surface area contributed by atoms with Crippen LogP contribution in [-0.4, -0.2) is 64.9 Å². The number of rotatable bonds is 4. The number of carbonyl (C=O) groups excluding carboxylic acids is 2.